The van der Waals surface area contributed by atoms with E-state index in [1.807, 2.05) is 13.8 Å². The normalized spacial score (nSPS) is 14.2. The van der Waals surface area contributed by atoms with Crippen LogP contribution in [0.25, 0.3) is 0 Å². The first kappa shape index (κ1) is 22.2. The van der Waals surface area contributed by atoms with Gasteiger partial charge in [-0.3, -0.25) is 4.99 Å². The van der Waals surface area contributed by atoms with Gasteiger partial charge in [0.15, 0.2) is 17.5 Å². The van der Waals surface area contributed by atoms with Gasteiger partial charge in [-0.05, 0) is 50.7 Å². The van der Waals surface area contributed by atoms with E-state index in [0.717, 1.165) is 19.4 Å². The van der Waals surface area contributed by atoms with Gasteiger partial charge >= 0.3 is 0 Å². The Hall–Kier alpha value is -1.82. The molecular weight excluding hydrogens is 333 g/mol. The van der Waals surface area contributed by atoms with Crippen molar-refractivity contribution in [2.24, 2.45) is 16.8 Å². The highest BCUT2D eigenvalue weighted by Gasteiger charge is 2.12. The monoisotopic (exact) mass is 367 g/mol. The summed E-state index contributed by atoms with van der Waals surface area (Å²) in [6.07, 6.45) is 1.59. The van der Waals surface area contributed by atoms with Gasteiger partial charge in [-0.1, -0.05) is 26.0 Å². The van der Waals surface area contributed by atoms with E-state index in [4.69, 9.17) is 4.74 Å². The van der Waals surface area contributed by atoms with Crippen LogP contribution in [-0.4, -0.2) is 43.4 Å². The van der Waals surface area contributed by atoms with E-state index in [1.54, 1.807) is 18.2 Å². The van der Waals surface area contributed by atoms with Crippen molar-refractivity contribution in [3.05, 3.63) is 30.1 Å². The zero-order valence-electron chi connectivity index (χ0n) is 16.5. The molecule has 1 rings (SSSR count). The highest BCUT2D eigenvalue weighted by atomic mass is 19.1. The lowest BCUT2D eigenvalue weighted by molar-refractivity contribution is 0.214. The Balaban J connectivity index is 2.56. The van der Waals surface area contributed by atoms with Crippen LogP contribution in [0.5, 0.6) is 5.75 Å². The molecule has 3 N–H and O–H groups in total. The van der Waals surface area contributed by atoms with Crippen LogP contribution in [-0.2, 0) is 0 Å². The van der Waals surface area contributed by atoms with Crippen molar-refractivity contribution in [2.45, 2.75) is 46.6 Å². The molecule has 0 radical (unpaired) electrons. The van der Waals surface area contributed by atoms with Crippen LogP contribution in [0.1, 0.15) is 40.5 Å². The van der Waals surface area contributed by atoms with E-state index in [1.165, 1.54) is 6.07 Å². The minimum Gasteiger partial charge on any atom is -0.486 e. The molecule has 0 bridgehead atoms. The molecule has 0 fully saturated rings. The SMILES string of the molecule is CCNC(=NCC(CCO)CC(C)C)NCC(C)Oc1ccccc1F. The number of halogens is 1. The number of nitrogens with one attached hydrogen (secondary N) is 2. The topological polar surface area (TPSA) is 65.9 Å². The second kappa shape index (κ2) is 12.5. The number of aliphatic imine (C=N–C) groups is 1. The molecule has 0 aromatic heterocycles. The van der Waals surface area contributed by atoms with Crippen molar-refractivity contribution in [1.29, 1.82) is 0 Å². The van der Waals surface area contributed by atoms with Crippen LogP contribution in [0.15, 0.2) is 29.3 Å². The molecule has 6 heteroatoms. The van der Waals surface area contributed by atoms with Gasteiger partial charge in [0.25, 0.3) is 0 Å². The summed E-state index contributed by atoms with van der Waals surface area (Å²) in [6, 6.07) is 6.40. The number of para-hydroxylation sites is 1. The molecule has 0 spiro atoms. The lowest BCUT2D eigenvalue weighted by atomic mass is 9.94. The predicted molar refractivity (Wildman–Crippen MR) is 105 cm³/mol. The number of aliphatic hydroxyl groups excluding tert-OH is 1. The summed E-state index contributed by atoms with van der Waals surface area (Å²) in [5, 5.41) is 15.7. The van der Waals surface area contributed by atoms with Crippen LogP contribution in [0, 0.1) is 17.7 Å². The van der Waals surface area contributed by atoms with E-state index in [9.17, 15) is 9.50 Å². The zero-order valence-corrected chi connectivity index (χ0v) is 16.5. The van der Waals surface area contributed by atoms with Crippen molar-refractivity contribution in [1.82, 2.24) is 10.6 Å². The number of rotatable bonds is 11. The summed E-state index contributed by atoms with van der Waals surface area (Å²) >= 11 is 0. The fourth-order valence-corrected chi connectivity index (χ4v) is 2.73. The Labute approximate surface area is 157 Å². The average molecular weight is 368 g/mol. The Kier molecular flexibility index (Phi) is 10.7. The Morgan fingerprint density at radius 3 is 2.58 bits per heavy atom. The van der Waals surface area contributed by atoms with E-state index in [2.05, 4.69) is 29.5 Å². The highest BCUT2D eigenvalue weighted by molar-refractivity contribution is 5.79. The van der Waals surface area contributed by atoms with Crippen LogP contribution in [0.2, 0.25) is 0 Å². The molecule has 0 aliphatic rings. The maximum absolute atomic E-state index is 13.7. The smallest absolute Gasteiger partial charge is 0.191 e. The third-order valence-electron chi connectivity index (χ3n) is 3.92. The first-order valence-corrected chi connectivity index (χ1v) is 9.50. The van der Waals surface area contributed by atoms with Crippen LogP contribution in [0.3, 0.4) is 0 Å². The fraction of sp³-hybridized carbons (Fsp3) is 0.650. The molecule has 0 amide bonds. The molecule has 1 aromatic carbocycles. The average Bonchev–Trinajstić information content (AvgIpc) is 2.59. The van der Waals surface area contributed by atoms with Crippen molar-refractivity contribution < 1.29 is 14.2 Å². The number of benzene rings is 1. The van der Waals surface area contributed by atoms with E-state index in [-0.39, 0.29) is 24.3 Å². The second-order valence-corrected chi connectivity index (χ2v) is 6.97. The summed E-state index contributed by atoms with van der Waals surface area (Å²) < 4.78 is 19.3. The van der Waals surface area contributed by atoms with Crippen LogP contribution < -0.4 is 15.4 Å². The van der Waals surface area contributed by atoms with Gasteiger partial charge in [-0.15, -0.1) is 0 Å². The molecule has 26 heavy (non-hydrogen) atoms. The van der Waals surface area contributed by atoms with Gasteiger partial charge in [-0.25, -0.2) is 4.39 Å². The summed E-state index contributed by atoms with van der Waals surface area (Å²) in [5.41, 5.74) is 0. The van der Waals surface area contributed by atoms with Gasteiger partial charge < -0.3 is 20.5 Å². The zero-order chi connectivity index (χ0) is 19.4. The van der Waals surface area contributed by atoms with Crippen LogP contribution in [0.4, 0.5) is 4.39 Å². The second-order valence-electron chi connectivity index (χ2n) is 6.97. The van der Waals surface area contributed by atoms with E-state index >= 15 is 0 Å². The predicted octanol–water partition coefficient (Wildman–Crippen LogP) is 3.19. The summed E-state index contributed by atoms with van der Waals surface area (Å²) in [6.45, 7) is 10.4. The lowest BCUT2D eigenvalue weighted by Gasteiger charge is -2.19. The third-order valence-corrected chi connectivity index (χ3v) is 3.92. The number of aliphatic hydroxyl groups is 1. The molecule has 0 saturated heterocycles. The maximum atomic E-state index is 13.7. The summed E-state index contributed by atoms with van der Waals surface area (Å²) in [5.74, 6) is 1.54. The highest BCUT2D eigenvalue weighted by Crippen LogP contribution is 2.17. The summed E-state index contributed by atoms with van der Waals surface area (Å²) in [4.78, 5) is 4.64. The Bertz CT molecular complexity index is 538. The standard InChI is InChI=1S/C20H34FN3O2/c1-5-22-20(24-14-17(10-11-25)12-15(2)3)23-13-16(4)26-19-9-7-6-8-18(19)21/h6-9,15-17,25H,5,10-14H2,1-4H3,(H2,22,23,24). The Morgan fingerprint density at radius 2 is 1.96 bits per heavy atom. The molecule has 0 aliphatic heterocycles. The minimum absolute atomic E-state index is 0.185. The van der Waals surface area contributed by atoms with Crippen molar-refractivity contribution in [3.8, 4) is 5.75 Å². The van der Waals surface area contributed by atoms with Gasteiger partial charge in [0, 0.05) is 19.7 Å². The largest absolute Gasteiger partial charge is 0.486 e. The number of guanidine groups is 1. The number of hydrogen-bond donors (Lipinski definition) is 3. The molecule has 2 unspecified atom stereocenters. The lowest BCUT2D eigenvalue weighted by Crippen LogP contribution is -2.42. The van der Waals surface area contributed by atoms with Gasteiger partial charge in [0.05, 0.1) is 6.54 Å². The molecule has 0 aliphatic carbocycles. The Morgan fingerprint density at radius 1 is 1.23 bits per heavy atom. The van der Waals surface area contributed by atoms with Crippen molar-refractivity contribution >= 4 is 5.96 Å². The quantitative estimate of drug-likeness (QED) is 0.415. The molecule has 5 nitrogen and oxygen atoms in total. The third kappa shape index (κ3) is 9.04. The van der Waals surface area contributed by atoms with E-state index in [0.29, 0.717) is 30.9 Å². The summed E-state index contributed by atoms with van der Waals surface area (Å²) in [7, 11) is 0. The van der Waals surface area contributed by atoms with Crippen molar-refractivity contribution in [2.75, 3.05) is 26.2 Å². The number of nitrogens with zero attached hydrogens (tertiary/aromatic N) is 1. The van der Waals surface area contributed by atoms with E-state index < -0.39 is 0 Å². The fourth-order valence-electron chi connectivity index (χ4n) is 2.73. The molecule has 148 valence electrons. The number of hydrogen-bond acceptors (Lipinski definition) is 3. The molecule has 0 heterocycles. The van der Waals surface area contributed by atoms with Gasteiger partial charge in [-0.2, -0.15) is 0 Å². The first-order chi connectivity index (χ1) is 12.5. The molecule has 0 saturated carbocycles. The van der Waals surface area contributed by atoms with Crippen molar-refractivity contribution in [3.63, 3.8) is 0 Å². The minimum atomic E-state index is -0.361. The van der Waals surface area contributed by atoms with Gasteiger partial charge in [0.2, 0.25) is 0 Å². The molecule has 2 atom stereocenters. The first-order valence-electron chi connectivity index (χ1n) is 9.50. The molecule has 1 aromatic rings. The maximum Gasteiger partial charge on any atom is 0.191 e. The molecular formula is C20H34FN3O2. The van der Waals surface area contributed by atoms with Crippen LogP contribution >= 0.6 is 0 Å². The number of ether oxygens (including phenoxy) is 1. The van der Waals surface area contributed by atoms with Gasteiger partial charge in [0.1, 0.15) is 6.10 Å².